The van der Waals surface area contributed by atoms with E-state index >= 15 is 0 Å². The quantitative estimate of drug-likeness (QED) is 0.560. The number of carbonyl (C=O) groups excluding carboxylic acids is 2. The smallest absolute Gasteiger partial charge is 0.274 e. The van der Waals surface area contributed by atoms with Gasteiger partial charge in [0.05, 0.1) is 0 Å². The Labute approximate surface area is 170 Å². The Morgan fingerprint density at radius 2 is 1.66 bits per heavy atom. The van der Waals surface area contributed by atoms with E-state index in [1.165, 1.54) is 6.92 Å². The zero-order chi connectivity index (χ0) is 20.8. The van der Waals surface area contributed by atoms with Crippen LogP contribution in [0.3, 0.4) is 0 Å². The summed E-state index contributed by atoms with van der Waals surface area (Å²) in [7, 11) is 0. The van der Waals surface area contributed by atoms with Crippen molar-refractivity contribution in [3.8, 4) is 0 Å². The number of benzene rings is 2. The topological polar surface area (TPSA) is 83.1 Å². The highest BCUT2D eigenvalue weighted by Gasteiger charge is 2.12. The highest BCUT2D eigenvalue weighted by molar-refractivity contribution is 6.04. The SMILES string of the molecule is CCc1cccc(C)c1NC(=O)c1cc(Nc2ccc(NC(C)=O)cc2)ccn1. The van der Waals surface area contributed by atoms with Crippen LogP contribution in [-0.4, -0.2) is 16.8 Å². The molecule has 0 fully saturated rings. The molecule has 0 bridgehead atoms. The van der Waals surface area contributed by atoms with Gasteiger partial charge in [-0.05, 0) is 60.9 Å². The average Bonchev–Trinajstić information content (AvgIpc) is 2.70. The van der Waals surface area contributed by atoms with E-state index in [1.807, 2.05) is 49.4 Å². The van der Waals surface area contributed by atoms with E-state index in [1.54, 1.807) is 18.3 Å². The van der Waals surface area contributed by atoms with Crippen LogP contribution in [0.25, 0.3) is 0 Å². The molecule has 6 nitrogen and oxygen atoms in total. The summed E-state index contributed by atoms with van der Waals surface area (Å²) in [6.07, 6.45) is 2.43. The van der Waals surface area contributed by atoms with Crippen LogP contribution in [0.5, 0.6) is 0 Å². The Balaban J connectivity index is 1.74. The lowest BCUT2D eigenvalue weighted by Gasteiger charge is -2.13. The molecule has 148 valence electrons. The molecule has 2 aromatic carbocycles. The number of para-hydroxylation sites is 1. The average molecular weight is 388 g/mol. The summed E-state index contributed by atoms with van der Waals surface area (Å²) in [5.74, 6) is -0.367. The molecule has 0 unspecified atom stereocenters. The number of amides is 2. The van der Waals surface area contributed by atoms with Crippen LogP contribution in [0.1, 0.15) is 35.5 Å². The third kappa shape index (κ3) is 5.19. The van der Waals surface area contributed by atoms with E-state index < -0.39 is 0 Å². The molecule has 0 atom stereocenters. The minimum absolute atomic E-state index is 0.115. The van der Waals surface area contributed by atoms with Crippen molar-refractivity contribution in [1.82, 2.24) is 4.98 Å². The summed E-state index contributed by atoms with van der Waals surface area (Å²) >= 11 is 0. The Bertz CT molecular complexity index is 1030. The molecule has 3 rings (SSSR count). The first kappa shape index (κ1) is 20.1. The molecule has 0 saturated carbocycles. The number of nitrogens with one attached hydrogen (secondary N) is 3. The second-order valence-electron chi connectivity index (χ2n) is 6.73. The highest BCUT2D eigenvalue weighted by atomic mass is 16.2. The summed E-state index contributed by atoms with van der Waals surface area (Å²) in [5.41, 5.74) is 5.59. The van der Waals surface area contributed by atoms with Crippen LogP contribution in [0.2, 0.25) is 0 Å². The molecule has 1 heterocycles. The van der Waals surface area contributed by atoms with Crippen molar-refractivity contribution in [3.63, 3.8) is 0 Å². The largest absolute Gasteiger partial charge is 0.355 e. The van der Waals surface area contributed by atoms with Crippen LogP contribution in [0.4, 0.5) is 22.7 Å². The standard InChI is InChI=1S/C23H24N4O2/c1-4-17-7-5-6-15(2)22(17)27-23(29)21-14-20(12-13-24-21)26-19-10-8-18(9-11-19)25-16(3)28/h5-14H,4H2,1-3H3,(H,24,26)(H,25,28)(H,27,29). The van der Waals surface area contributed by atoms with Crippen LogP contribution in [0.15, 0.2) is 60.8 Å². The Morgan fingerprint density at radius 3 is 2.34 bits per heavy atom. The van der Waals surface area contributed by atoms with Crippen LogP contribution < -0.4 is 16.0 Å². The summed E-state index contributed by atoms with van der Waals surface area (Å²) < 4.78 is 0. The molecular formula is C23H24N4O2. The van der Waals surface area contributed by atoms with E-state index in [0.717, 1.165) is 40.3 Å². The molecule has 2 amide bonds. The molecule has 6 heteroatoms. The van der Waals surface area contributed by atoms with Crippen LogP contribution in [0, 0.1) is 6.92 Å². The molecule has 0 spiro atoms. The van der Waals surface area contributed by atoms with E-state index in [-0.39, 0.29) is 11.8 Å². The van der Waals surface area contributed by atoms with Gasteiger partial charge in [0.15, 0.2) is 0 Å². The number of nitrogens with zero attached hydrogens (tertiary/aromatic N) is 1. The lowest BCUT2D eigenvalue weighted by molar-refractivity contribution is -0.114. The number of aryl methyl sites for hydroxylation is 2. The van der Waals surface area contributed by atoms with Gasteiger partial charge in [-0.1, -0.05) is 25.1 Å². The van der Waals surface area contributed by atoms with Crippen molar-refractivity contribution in [2.24, 2.45) is 0 Å². The number of rotatable bonds is 6. The second kappa shape index (κ2) is 9.01. The first-order valence-corrected chi connectivity index (χ1v) is 9.47. The second-order valence-corrected chi connectivity index (χ2v) is 6.73. The zero-order valence-corrected chi connectivity index (χ0v) is 16.7. The van der Waals surface area contributed by atoms with Gasteiger partial charge in [0.25, 0.3) is 5.91 Å². The normalized spacial score (nSPS) is 10.3. The summed E-state index contributed by atoms with van der Waals surface area (Å²) in [6.45, 7) is 5.51. The van der Waals surface area contributed by atoms with Crippen molar-refractivity contribution in [2.45, 2.75) is 27.2 Å². The number of hydrogen-bond donors (Lipinski definition) is 3. The minimum atomic E-state index is -0.251. The van der Waals surface area contributed by atoms with Crippen molar-refractivity contribution >= 4 is 34.6 Å². The first-order valence-electron chi connectivity index (χ1n) is 9.47. The fraction of sp³-hybridized carbons (Fsp3) is 0.174. The van der Waals surface area contributed by atoms with Gasteiger partial charge in [-0.25, -0.2) is 0 Å². The van der Waals surface area contributed by atoms with Gasteiger partial charge in [0.1, 0.15) is 5.69 Å². The fourth-order valence-corrected chi connectivity index (χ4v) is 3.02. The van der Waals surface area contributed by atoms with E-state index in [4.69, 9.17) is 0 Å². The summed E-state index contributed by atoms with van der Waals surface area (Å²) in [6, 6.07) is 16.8. The van der Waals surface area contributed by atoms with Crippen molar-refractivity contribution in [1.29, 1.82) is 0 Å². The third-order valence-electron chi connectivity index (χ3n) is 4.47. The molecule has 0 aliphatic heterocycles. The molecule has 29 heavy (non-hydrogen) atoms. The maximum Gasteiger partial charge on any atom is 0.274 e. The Hall–Kier alpha value is -3.67. The van der Waals surface area contributed by atoms with E-state index in [9.17, 15) is 9.59 Å². The number of carbonyl (C=O) groups is 2. The van der Waals surface area contributed by atoms with Gasteiger partial charge >= 0.3 is 0 Å². The molecule has 0 radical (unpaired) electrons. The Morgan fingerprint density at radius 1 is 0.931 bits per heavy atom. The fourth-order valence-electron chi connectivity index (χ4n) is 3.02. The van der Waals surface area contributed by atoms with Gasteiger partial charge in [0.2, 0.25) is 5.91 Å². The maximum atomic E-state index is 12.7. The summed E-state index contributed by atoms with van der Waals surface area (Å²) in [4.78, 5) is 28.1. The lowest BCUT2D eigenvalue weighted by atomic mass is 10.1. The van der Waals surface area contributed by atoms with Crippen LogP contribution in [-0.2, 0) is 11.2 Å². The molecule has 0 saturated heterocycles. The van der Waals surface area contributed by atoms with Crippen molar-refractivity contribution in [2.75, 3.05) is 16.0 Å². The number of aromatic nitrogens is 1. The van der Waals surface area contributed by atoms with Crippen LogP contribution >= 0.6 is 0 Å². The molecule has 3 N–H and O–H groups in total. The number of pyridine rings is 1. The van der Waals surface area contributed by atoms with Gasteiger partial charge in [-0.2, -0.15) is 0 Å². The monoisotopic (exact) mass is 388 g/mol. The summed E-state index contributed by atoms with van der Waals surface area (Å²) in [5, 5.41) is 8.97. The number of anilines is 4. The van der Waals surface area contributed by atoms with Gasteiger partial charge in [-0.15, -0.1) is 0 Å². The Kier molecular flexibility index (Phi) is 6.24. The van der Waals surface area contributed by atoms with Gasteiger partial charge < -0.3 is 16.0 Å². The third-order valence-corrected chi connectivity index (χ3v) is 4.47. The molecule has 1 aromatic heterocycles. The lowest BCUT2D eigenvalue weighted by Crippen LogP contribution is -2.16. The minimum Gasteiger partial charge on any atom is -0.355 e. The predicted octanol–water partition coefficient (Wildman–Crippen LogP) is 4.91. The molecule has 3 aromatic rings. The highest BCUT2D eigenvalue weighted by Crippen LogP contribution is 2.23. The number of hydrogen-bond acceptors (Lipinski definition) is 4. The first-order chi connectivity index (χ1) is 14.0. The van der Waals surface area contributed by atoms with E-state index in [2.05, 4.69) is 27.9 Å². The predicted molar refractivity (Wildman–Crippen MR) is 117 cm³/mol. The zero-order valence-electron chi connectivity index (χ0n) is 16.7. The van der Waals surface area contributed by atoms with E-state index in [0.29, 0.717) is 5.69 Å². The van der Waals surface area contributed by atoms with Gasteiger partial charge in [0, 0.05) is 35.9 Å². The molecule has 0 aliphatic carbocycles. The van der Waals surface area contributed by atoms with Crippen molar-refractivity contribution < 1.29 is 9.59 Å². The maximum absolute atomic E-state index is 12.7. The van der Waals surface area contributed by atoms with Gasteiger partial charge in [-0.3, -0.25) is 14.6 Å². The van der Waals surface area contributed by atoms with Crippen molar-refractivity contribution in [3.05, 3.63) is 77.6 Å². The molecule has 0 aliphatic rings. The molecular weight excluding hydrogens is 364 g/mol.